The topological polar surface area (TPSA) is 114 Å². The van der Waals surface area contributed by atoms with Gasteiger partial charge in [-0.05, 0) is 63.2 Å². The number of amides is 2. The molecule has 2 amide bonds. The molecule has 0 unspecified atom stereocenters. The number of sulfonamides is 1. The first-order chi connectivity index (χ1) is 13.7. The highest BCUT2D eigenvalue weighted by Gasteiger charge is 2.17. The zero-order valence-electron chi connectivity index (χ0n) is 16.6. The number of hydrogen-bond donors (Lipinski definition) is 3. The summed E-state index contributed by atoms with van der Waals surface area (Å²) in [6.07, 6.45) is 0. The van der Waals surface area contributed by atoms with Crippen LogP contribution in [0.2, 0.25) is 0 Å². The van der Waals surface area contributed by atoms with Crippen LogP contribution in [0.3, 0.4) is 0 Å². The van der Waals surface area contributed by atoms with E-state index in [0.717, 1.165) is 0 Å². The minimum atomic E-state index is -3.69. The summed E-state index contributed by atoms with van der Waals surface area (Å²) in [4.78, 5) is 23.9. The van der Waals surface area contributed by atoms with Crippen LogP contribution in [-0.2, 0) is 14.8 Å². The van der Waals surface area contributed by atoms with Gasteiger partial charge in [0.1, 0.15) is 5.75 Å². The lowest BCUT2D eigenvalue weighted by atomic mass is 10.2. The average molecular weight is 420 g/mol. The van der Waals surface area contributed by atoms with Crippen LogP contribution >= 0.6 is 0 Å². The minimum Gasteiger partial charge on any atom is -0.484 e. The van der Waals surface area contributed by atoms with Crippen molar-refractivity contribution in [3.63, 3.8) is 0 Å². The van der Waals surface area contributed by atoms with E-state index in [-0.39, 0.29) is 29.0 Å². The molecule has 0 aliphatic rings. The van der Waals surface area contributed by atoms with Crippen LogP contribution in [0.5, 0.6) is 5.75 Å². The van der Waals surface area contributed by atoms with E-state index in [1.807, 2.05) is 6.92 Å². The number of likely N-dealkylation sites (N-methyl/N-ethyl adjacent to an activating group) is 1. The number of carbonyl (C=O) groups is 2. The molecule has 29 heavy (non-hydrogen) atoms. The molecule has 0 heterocycles. The number of benzene rings is 2. The second kappa shape index (κ2) is 10.0. The van der Waals surface area contributed by atoms with Gasteiger partial charge in [0.25, 0.3) is 11.8 Å². The standard InChI is InChI=1S/C20H25N3O5S/c1-4-21-19(24)13-28-17-10-8-16(9-11-17)22-20(25)15-6-5-7-18(12-15)29(26,27)23-14(2)3/h5-12,14,23H,4,13H2,1-3H3,(H,21,24)(H,22,25). The number of carbonyl (C=O) groups excluding carboxylic acids is 2. The van der Waals surface area contributed by atoms with Gasteiger partial charge in [-0.25, -0.2) is 13.1 Å². The van der Waals surface area contributed by atoms with Crippen molar-refractivity contribution in [3.8, 4) is 5.75 Å². The van der Waals surface area contributed by atoms with E-state index in [1.54, 1.807) is 38.1 Å². The molecular formula is C20H25N3O5S. The molecule has 8 nitrogen and oxygen atoms in total. The van der Waals surface area contributed by atoms with Crippen molar-refractivity contribution in [1.82, 2.24) is 10.0 Å². The molecule has 0 saturated carbocycles. The molecule has 0 saturated heterocycles. The highest BCUT2D eigenvalue weighted by atomic mass is 32.2. The highest BCUT2D eigenvalue weighted by molar-refractivity contribution is 7.89. The van der Waals surface area contributed by atoms with Crippen LogP contribution in [-0.4, -0.2) is 39.4 Å². The molecule has 0 fully saturated rings. The van der Waals surface area contributed by atoms with Gasteiger partial charge < -0.3 is 15.4 Å². The van der Waals surface area contributed by atoms with E-state index in [2.05, 4.69) is 15.4 Å². The summed E-state index contributed by atoms with van der Waals surface area (Å²) in [5.74, 6) is -0.170. The third-order valence-corrected chi connectivity index (χ3v) is 5.31. The van der Waals surface area contributed by atoms with Crippen molar-refractivity contribution in [2.45, 2.75) is 31.7 Å². The van der Waals surface area contributed by atoms with Gasteiger partial charge >= 0.3 is 0 Å². The molecule has 9 heteroatoms. The first-order valence-corrected chi connectivity index (χ1v) is 10.6. The number of rotatable bonds is 9. The van der Waals surface area contributed by atoms with Crippen LogP contribution < -0.4 is 20.1 Å². The number of anilines is 1. The lowest BCUT2D eigenvalue weighted by Gasteiger charge is -2.11. The Morgan fingerprint density at radius 3 is 2.38 bits per heavy atom. The summed E-state index contributed by atoms with van der Waals surface area (Å²) in [7, 11) is -3.69. The van der Waals surface area contributed by atoms with Gasteiger partial charge in [-0.2, -0.15) is 0 Å². The first kappa shape index (κ1) is 22.4. The van der Waals surface area contributed by atoms with Crippen LogP contribution in [0.15, 0.2) is 53.4 Å². The fraction of sp³-hybridized carbons (Fsp3) is 0.300. The Morgan fingerprint density at radius 2 is 1.76 bits per heavy atom. The van der Waals surface area contributed by atoms with Crippen LogP contribution in [0.4, 0.5) is 5.69 Å². The van der Waals surface area contributed by atoms with E-state index in [1.165, 1.54) is 24.3 Å². The molecule has 0 aromatic heterocycles. The van der Waals surface area contributed by atoms with Gasteiger partial charge in [-0.3, -0.25) is 9.59 Å². The van der Waals surface area contributed by atoms with Gasteiger partial charge in [0.05, 0.1) is 4.90 Å². The lowest BCUT2D eigenvalue weighted by Crippen LogP contribution is -2.30. The first-order valence-electron chi connectivity index (χ1n) is 9.14. The van der Waals surface area contributed by atoms with Gasteiger partial charge in [0, 0.05) is 23.8 Å². The summed E-state index contributed by atoms with van der Waals surface area (Å²) in [6.45, 7) is 5.70. The maximum absolute atomic E-state index is 12.5. The quantitative estimate of drug-likeness (QED) is 0.576. The predicted molar refractivity (Wildman–Crippen MR) is 110 cm³/mol. The van der Waals surface area contributed by atoms with Crippen molar-refractivity contribution in [2.75, 3.05) is 18.5 Å². The van der Waals surface area contributed by atoms with Gasteiger partial charge in [-0.15, -0.1) is 0 Å². The molecule has 0 aliphatic carbocycles. The molecule has 3 N–H and O–H groups in total. The maximum atomic E-state index is 12.5. The SMILES string of the molecule is CCNC(=O)COc1ccc(NC(=O)c2cccc(S(=O)(=O)NC(C)C)c2)cc1. The Kier molecular flexibility index (Phi) is 7.74. The Morgan fingerprint density at radius 1 is 1.07 bits per heavy atom. The molecule has 0 bridgehead atoms. The Hall–Kier alpha value is -2.91. The number of hydrogen-bond acceptors (Lipinski definition) is 5. The summed E-state index contributed by atoms with van der Waals surface area (Å²) in [5, 5.41) is 5.33. The summed E-state index contributed by atoms with van der Waals surface area (Å²) in [6, 6.07) is 12.1. The second-order valence-electron chi connectivity index (χ2n) is 6.52. The molecule has 2 aromatic rings. The fourth-order valence-corrected chi connectivity index (χ4v) is 3.71. The van der Waals surface area contributed by atoms with Gasteiger partial charge in [0.2, 0.25) is 10.0 Å². The zero-order valence-corrected chi connectivity index (χ0v) is 17.4. The van der Waals surface area contributed by atoms with Crippen LogP contribution in [0, 0.1) is 0 Å². The van der Waals surface area contributed by atoms with Crippen LogP contribution in [0.1, 0.15) is 31.1 Å². The fourth-order valence-electron chi connectivity index (χ4n) is 2.42. The number of nitrogens with one attached hydrogen (secondary N) is 3. The van der Waals surface area contributed by atoms with Crippen molar-refractivity contribution in [2.24, 2.45) is 0 Å². The van der Waals surface area contributed by atoms with E-state index >= 15 is 0 Å². The minimum absolute atomic E-state index is 0.0213. The third-order valence-electron chi connectivity index (χ3n) is 3.65. The Balaban J connectivity index is 2.03. The smallest absolute Gasteiger partial charge is 0.257 e. The van der Waals surface area contributed by atoms with Crippen molar-refractivity contribution in [1.29, 1.82) is 0 Å². The highest BCUT2D eigenvalue weighted by Crippen LogP contribution is 2.18. The summed E-state index contributed by atoms with van der Waals surface area (Å²) in [5.41, 5.74) is 0.724. The average Bonchev–Trinajstić information content (AvgIpc) is 2.67. The van der Waals surface area contributed by atoms with Crippen LogP contribution in [0.25, 0.3) is 0 Å². The largest absolute Gasteiger partial charge is 0.484 e. The van der Waals surface area contributed by atoms with E-state index in [4.69, 9.17) is 4.74 Å². The predicted octanol–water partition coefficient (Wildman–Crippen LogP) is 2.14. The Labute approximate surface area is 170 Å². The van der Waals surface area contributed by atoms with Crippen molar-refractivity contribution in [3.05, 3.63) is 54.1 Å². The van der Waals surface area contributed by atoms with Gasteiger partial charge in [-0.1, -0.05) is 6.07 Å². The summed E-state index contributed by atoms with van der Waals surface area (Å²) >= 11 is 0. The molecule has 0 spiro atoms. The summed E-state index contributed by atoms with van der Waals surface area (Å²) < 4.78 is 32.4. The Bertz CT molecular complexity index is 956. The molecule has 156 valence electrons. The molecule has 0 radical (unpaired) electrons. The zero-order chi connectivity index (χ0) is 21.4. The van der Waals surface area contributed by atoms with Gasteiger partial charge in [0.15, 0.2) is 6.61 Å². The van der Waals surface area contributed by atoms with Crippen molar-refractivity contribution < 1.29 is 22.7 Å². The maximum Gasteiger partial charge on any atom is 0.257 e. The molecular weight excluding hydrogens is 394 g/mol. The van der Waals surface area contributed by atoms with Crippen molar-refractivity contribution >= 4 is 27.5 Å². The number of ether oxygens (including phenoxy) is 1. The van der Waals surface area contributed by atoms with E-state index in [0.29, 0.717) is 18.0 Å². The molecule has 2 rings (SSSR count). The molecule has 0 atom stereocenters. The lowest BCUT2D eigenvalue weighted by molar-refractivity contribution is -0.122. The monoisotopic (exact) mass is 419 g/mol. The normalized spacial score (nSPS) is 11.2. The second-order valence-corrected chi connectivity index (χ2v) is 8.24. The van der Waals surface area contributed by atoms with E-state index in [9.17, 15) is 18.0 Å². The third kappa shape index (κ3) is 6.88. The van der Waals surface area contributed by atoms with E-state index < -0.39 is 15.9 Å². The molecule has 2 aromatic carbocycles. The molecule has 0 aliphatic heterocycles.